The molecule has 2 aromatic carbocycles. The molecule has 3 N–H and O–H groups in total. The van der Waals surface area contributed by atoms with Crippen molar-refractivity contribution in [3.63, 3.8) is 0 Å². The van der Waals surface area contributed by atoms with Gasteiger partial charge in [0, 0.05) is 18.2 Å². The maximum absolute atomic E-state index is 11.9. The van der Waals surface area contributed by atoms with Gasteiger partial charge in [0.05, 0.1) is 23.3 Å². The molecule has 3 rings (SSSR count). The van der Waals surface area contributed by atoms with Crippen molar-refractivity contribution in [1.29, 1.82) is 0 Å². The minimum Gasteiger partial charge on any atom is -0.481 e. The van der Waals surface area contributed by atoms with Gasteiger partial charge in [-0.15, -0.1) is 0 Å². The van der Waals surface area contributed by atoms with Gasteiger partial charge in [-0.3, -0.25) is 4.79 Å². The fourth-order valence-corrected chi connectivity index (χ4v) is 3.42. The fourth-order valence-electron chi connectivity index (χ4n) is 2.55. The van der Waals surface area contributed by atoms with E-state index in [2.05, 4.69) is 6.92 Å². The van der Waals surface area contributed by atoms with Crippen molar-refractivity contribution in [3.8, 4) is 11.1 Å². The molecule has 27 heavy (non-hydrogen) atoms. The van der Waals surface area contributed by atoms with E-state index in [1.165, 1.54) is 12.5 Å². The number of epoxide rings is 1. The molecule has 0 radical (unpaired) electrons. The normalized spacial score (nSPS) is 15.6. The maximum Gasteiger partial charge on any atom is 0.303 e. The number of rotatable bonds is 6. The van der Waals surface area contributed by atoms with Crippen LogP contribution in [0.25, 0.3) is 11.1 Å². The maximum atomic E-state index is 11.9. The molecule has 1 unspecified atom stereocenters. The highest BCUT2D eigenvalue weighted by Gasteiger charge is 2.18. The Morgan fingerprint density at radius 2 is 1.89 bits per heavy atom. The molecule has 0 aromatic heterocycles. The van der Waals surface area contributed by atoms with Crippen molar-refractivity contribution >= 4 is 21.5 Å². The summed E-state index contributed by atoms with van der Waals surface area (Å²) in [6, 6.07) is 12.4. The van der Waals surface area contributed by atoms with Crippen molar-refractivity contribution in [2.75, 3.05) is 18.6 Å². The Balaban J connectivity index is 0.000000451. The summed E-state index contributed by atoms with van der Waals surface area (Å²) in [4.78, 5) is 10.8. The number of carboxylic acid groups (broad SMARTS) is 1. The van der Waals surface area contributed by atoms with Crippen LogP contribution < -0.4 is 5.73 Å². The van der Waals surface area contributed by atoms with Crippen molar-refractivity contribution < 1.29 is 23.1 Å². The number of anilines is 1. The van der Waals surface area contributed by atoms with Gasteiger partial charge < -0.3 is 15.6 Å². The summed E-state index contributed by atoms with van der Waals surface area (Å²) in [5.41, 5.74) is 8.25. The molecular formula is C20H25NO5S. The molecule has 0 saturated carbocycles. The molecule has 146 valence electrons. The zero-order valence-electron chi connectivity index (χ0n) is 15.5. The lowest BCUT2D eigenvalue weighted by Gasteiger charge is -2.13. The summed E-state index contributed by atoms with van der Waals surface area (Å²) in [7, 11) is -3.50. The van der Waals surface area contributed by atoms with E-state index in [1.54, 1.807) is 6.07 Å². The zero-order chi connectivity index (χ0) is 20.0. The van der Waals surface area contributed by atoms with Crippen LogP contribution in [0.2, 0.25) is 0 Å². The number of aryl methyl sites for hydroxylation is 1. The average molecular weight is 391 g/mol. The Bertz CT molecular complexity index is 890. The Hall–Kier alpha value is -2.38. The molecule has 0 aliphatic carbocycles. The van der Waals surface area contributed by atoms with Crippen LogP contribution in [0.4, 0.5) is 5.69 Å². The summed E-state index contributed by atoms with van der Waals surface area (Å²) in [6.45, 7) is 3.15. The summed E-state index contributed by atoms with van der Waals surface area (Å²) in [5, 5.41) is 8.80. The second kappa shape index (κ2) is 9.01. The van der Waals surface area contributed by atoms with Crippen molar-refractivity contribution in [3.05, 3.63) is 48.0 Å². The first kappa shape index (κ1) is 20.9. The molecule has 1 aliphatic rings. The van der Waals surface area contributed by atoms with E-state index in [-0.39, 0.29) is 23.4 Å². The molecule has 7 heteroatoms. The van der Waals surface area contributed by atoms with E-state index < -0.39 is 15.8 Å². The smallest absolute Gasteiger partial charge is 0.303 e. The van der Waals surface area contributed by atoms with Crippen LogP contribution in [0.3, 0.4) is 0 Å². The van der Waals surface area contributed by atoms with Crippen LogP contribution in [0, 0.1) is 0 Å². The summed E-state index contributed by atoms with van der Waals surface area (Å²) < 4.78 is 28.7. The quantitative estimate of drug-likeness (QED) is 0.578. The summed E-state index contributed by atoms with van der Waals surface area (Å²) in [5.74, 6) is -0.931. The third-order valence-corrected chi connectivity index (χ3v) is 5.31. The van der Waals surface area contributed by atoms with Crippen LogP contribution >= 0.6 is 0 Å². The van der Waals surface area contributed by atoms with Gasteiger partial charge in [-0.1, -0.05) is 37.3 Å². The van der Waals surface area contributed by atoms with E-state index >= 15 is 0 Å². The topological polar surface area (TPSA) is 110 Å². The number of hydrogen-bond donors (Lipinski definition) is 2. The van der Waals surface area contributed by atoms with E-state index in [9.17, 15) is 13.2 Å². The van der Waals surface area contributed by atoms with Crippen LogP contribution in [0.5, 0.6) is 0 Å². The minimum absolute atomic E-state index is 0.0363. The van der Waals surface area contributed by atoms with Gasteiger partial charge in [0.1, 0.15) is 0 Å². The monoisotopic (exact) mass is 391 g/mol. The second-order valence-corrected chi connectivity index (χ2v) is 8.43. The van der Waals surface area contributed by atoms with Gasteiger partial charge in [0.2, 0.25) is 0 Å². The van der Waals surface area contributed by atoms with Crippen molar-refractivity contribution in [2.45, 2.75) is 37.2 Å². The zero-order valence-corrected chi connectivity index (χ0v) is 16.3. The van der Waals surface area contributed by atoms with Crippen molar-refractivity contribution in [2.24, 2.45) is 0 Å². The molecule has 1 aliphatic heterocycles. The van der Waals surface area contributed by atoms with Gasteiger partial charge >= 0.3 is 5.97 Å². The molecule has 6 nitrogen and oxygen atoms in total. The first-order valence-electron chi connectivity index (χ1n) is 8.73. The molecule has 2 aromatic rings. The number of nitrogen functional groups attached to an aromatic ring is 1. The molecule has 0 bridgehead atoms. The molecule has 1 fully saturated rings. The lowest BCUT2D eigenvalue weighted by molar-refractivity contribution is -0.136. The SMILES string of the molecule is CCC1CO1.CS(=O)(=O)c1cc(CCC(=O)O)cc(-c2ccccc2)c1N. The number of aliphatic carboxylic acids is 1. The lowest BCUT2D eigenvalue weighted by atomic mass is 9.99. The van der Waals surface area contributed by atoms with E-state index in [0.29, 0.717) is 17.2 Å². The molecule has 1 atom stereocenters. The first-order chi connectivity index (χ1) is 12.7. The highest BCUT2D eigenvalue weighted by atomic mass is 32.2. The van der Waals surface area contributed by atoms with E-state index in [0.717, 1.165) is 18.4 Å². The number of carbonyl (C=O) groups is 1. The lowest BCUT2D eigenvalue weighted by Crippen LogP contribution is -2.06. The Morgan fingerprint density at radius 3 is 2.33 bits per heavy atom. The van der Waals surface area contributed by atoms with E-state index in [4.69, 9.17) is 15.6 Å². The molecule has 1 heterocycles. The Kier molecular flexibility index (Phi) is 6.98. The largest absolute Gasteiger partial charge is 0.481 e. The van der Waals surface area contributed by atoms with E-state index in [1.807, 2.05) is 30.3 Å². The van der Waals surface area contributed by atoms with Crippen LogP contribution in [-0.4, -0.2) is 38.5 Å². The van der Waals surface area contributed by atoms with Crippen molar-refractivity contribution in [1.82, 2.24) is 0 Å². The predicted molar refractivity (Wildman–Crippen MR) is 105 cm³/mol. The summed E-state index contributed by atoms with van der Waals surface area (Å²) >= 11 is 0. The third kappa shape index (κ3) is 6.37. The number of carboxylic acids is 1. The molecular weight excluding hydrogens is 366 g/mol. The third-order valence-electron chi connectivity index (χ3n) is 4.17. The minimum atomic E-state index is -3.50. The number of hydrogen-bond acceptors (Lipinski definition) is 5. The number of benzene rings is 2. The van der Waals surface area contributed by atoms with Gasteiger partial charge in [0.15, 0.2) is 9.84 Å². The molecule has 1 saturated heterocycles. The average Bonchev–Trinajstić information content (AvgIpc) is 3.45. The van der Waals surface area contributed by atoms with Gasteiger partial charge in [0.25, 0.3) is 0 Å². The standard InChI is InChI=1S/C16H17NO4S.C4H8O/c1-22(20,21)14-10-11(7-8-15(18)19)9-13(16(14)17)12-5-3-2-4-6-12;1-2-4-3-5-4/h2-6,9-10H,7-8,17H2,1H3,(H,18,19);4H,2-3H2,1H3. The molecule has 0 amide bonds. The van der Waals surface area contributed by atoms with Crippen LogP contribution in [0.1, 0.15) is 25.3 Å². The Morgan fingerprint density at radius 1 is 1.26 bits per heavy atom. The second-order valence-electron chi connectivity index (χ2n) is 6.45. The highest BCUT2D eigenvalue weighted by Crippen LogP contribution is 2.33. The number of nitrogens with two attached hydrogens (primary N) is 1. The first-order valence-corrected chi connectivity index (χ1v) is 10.6. The number of ether oxygens (including phenoxy) is 1. The van der Waals surface area contributed by atoms with Crippen LogP contribution in [-0.2, 0) is 25.8 Å². The highest BCUT2D eigenvalue weighted by molar-refractivity contribution is 7.90. The fraction of sp³-hybridized carbons (Fsp3) is 0.350. The predicted octanol–water partition coefficient (Wildman–Crippen LogP) is 3.15. The Labute approximate surface area is 159 Å². The van der Waals surface area contributed by atoms with Crippen LogP contribution in [0.15, 0.2) is 47.4 Å². The van der Waals surface area contributed by atoms with Gasteiger partial charge in [-0.2, -0.15) is 0 Å². The van der Waals surface area contributed by atoms with Gasteiger partial charge in [-0.05, 0) is 36.1 Å². The molecule has 0 spiro atoms. The van der Waals surface area contributed by atoms with Gasteiger partial charge in [-0.25, -0.2) is 8.42 Å². The summed E-state index contributed by atoms with van der Waals surface area (Å²) in [6.07, 6.45) is 3.10. The number of sulfone groups is 1.